The Morgan fingerprint density at radius 2 is 1.83 bits per heavy atom. The first-order valence-corrected chi connectivity index (χ1v) is 10.6. The van der Waals surface area contributed by atoms with E-state index in [1.165, 1.54) is 6.92 Å². The van der Waals surface area contributed by atoms with Gasteiger partial charge in [0.25, 0.3) is 0 Å². The Bertz CT molecular complexity index is 1000. The highest BCUT2D eigenvalue weighted by atomic mass is 16.5. The molecule has 1 aromatic carbocycles. The fourth-order valence-electron chi connectivity index (χ4n) is 4.75. The van der Waals surface area contributed by atoms with Crippen LogP contribution in [0.5, 0.6) is 0 Å². The molecule has 0 unspecified atom stereocenters. The quantitative estimate of drug-likeness (QED) is 0.449. The number of ketones is 1. The summed E-state index contributed by atoms with van der Waals surface area (Å²) in [5.74, 6) is -2.28. The van der Waals surface area contributed by atoms with Crippen LogP contribution in [-0.2, 0) is 25.5 Å². The number of ether oxygens (including phenoxy) is 1. The maximum atomic E-state index is 12.7. The van der Waals surface area contributed by atoms with Crippen LogP contribution in [-0.4, -0.2) is 46.1 Å². The largest absolute Gasteiger partial charge is 0.456 e. The zero-order chi connectivity index (χ0) is 21.4. The van der Waals surface area contributed by atoms with Crippen molar-refractivity contribution in [1.82, 2.24) is 9.88 Å². The second-order valence-corrected chi connectivity index (χ2v) is 8.15. The maximum Gasteiger partial charge on any atom is 0.329 e. The molecule has 4 rings (SSSR count). The van der Waals surface area contributed by atoms with Crippen LogP contribution >= 0.6 is 0 Å². The number of carbonyl (C=O) groups is 4. The van der Waals surface area contributed by atoms with Gasteiger partial charge in [0.15, 0.2) is 6.61 Å². The number of H-pyrrole nitrogens is 1. The van der Waals surface area contributed by atoms with Gasteiger partial charge in [-0.05, 0) is 31.7 Å². The fraction of sp³-hybridized carbons (Fsp3) is 0.478. The van der Waals surface area contributed by atoms with E-state index in [2.05, 4.69) is 4.98 Å². The predicted octanol–water partition coefficient (Wildman–Crippen LogP) is 3.02. The molecule has 2 fully saturated rings. The number of likely N-dealkylation sites (tertiary alicyclic amines) is 1. The van der Waals surface area contributed by atoms with E-state index in [4.69, 9.17) is 4.74 Å². The second kappa shape index (κ2) is 8.05. The number of para-hydroxylation sites is 1. The van der Waals surface area contributed by atoms with Gasteiger partial charge in [-0.1, -0.05) is 38.0 Å². The van der Waals surface area contributed by atoms with Gasteiger partial charge in [-0.3, -0.25) is 19.3 Å². The first kappa shape index (κ1) is 20.3. The molecule has 1 saturated heterocycles. The van der Waals surface area contributed by atoms with E-state index in [-0.39, 0.29) is 29.4 Å². The molecule has 2 aliphatic rings. The molecule has 0 radical (unpaired) electrons. The van der Waals surface area contributed by atoms with Crippen molar-refractivity contribution >= 4 is 34.5 Å². The number of carbonyl (C=O) groups excluding carboxylic acids is 4. The number of rotatable bonds is 6. The van der Waals surface area contributed by atoms with Crippen LogP contribution < -0.4 is 0 Å². The Hall–Kier alpha value is -2.96. The number of amides is 2. The van der Waals surface area contributed by atoms with E-state index in [1.54, 1.807) is 6.20 Å². The average Bonchev–Trinajstić information content (AvgIpc) is 3.31. The molecule has 2 amide bonds. The summed E-state index contributed by atoms with van der Waals surface area (Å²) in [5.41, 5.74) is 2.46. The Morgan fingerprint density at radius 3 is 2.47 bits per heavy atom. The molecule has 3 atom stereocenters. The molecular weight excluding hydrogens is 384 g/mol. The number of Topliss-reactive ketones (excluding diaryl/α,β-unsaturated/α-hetero) is 1. The van der Waals surface area contributed by atoms with Gasteiger partial charge in [0.1, 0.15) is 6.04 Å². The summed E-state index contributed by atoms with van der Waals surface area (Å²) in [6.07, 6.45) is 5.68. The standard InChI is InChI=1S/C23H26N2O5/c1-3-14-7-6-10-15-18(11-24-20(14)15)19(26)12-30-23(29)13(2)25-21(27)16-8-4-5-9-17(16)22(25)28/h6-7,10-11,13,16-17,24H,3-5,8-9,12H2,1-2H3/t13-,16-,17+/m0/s1. The van der Waals surface area contributed by atoms with E-state index in [9.17, 15) is 19.2 Å². The van der Waals surface area contributed by atoms with Gasteiger partial charge in [0.05, 0.1) is 11.8 Å². The molecule has 1 N–H and O–H groups in total. The van der Waals surface area contributed by atoms with Crippen molar-refractivity contribution in [3.8, 4) is 0 Å². The lowest BCUT2D eigenvalue weighted by molar-refractivity contribution is -0.157. The van der Waals surface area contributed by atoms with E-state index in [1.807, 2.05) is 25.1 Å². The molecule has 1 aromatic heterocycles. The number of esters is 1. The van der Waals surface area contributed by atoms with Crippen LogP contribution in [0.25, 0.3) is 10.9 Å². The number of imide groups is 1. The van der Waals surface area contributed by atoms with Gasteiger partial charge >= 0.3 is 5.97 Å². The van der Waals surface area contributed by atoms with Crippen molar-refractivity contribution in [2.45, 2.75) is 52.0 Å². The minimum absolute atomic E-state index is 0.288. The maximum absolute atomic E-state index is 12.7. The summed E-state index contributed by atoms with van der Waals surface area (Å²) >= 11 is 0. The second-order valence-electron chi connectivity index (χ2n) is 8.15. The summed E-state index contributed by atoms with van der Waals surface area (Å²) in [6.45, 7) is 3.09. The summed E-state index contributed by atoms with van der Waals surface area (Å²) < 4.78 is 5.21. The van der Waals surface area contributed by atoms with Crippen LogP contribution in [0.15, 0.2) is 24.4 Å². The molecule has 2 aromatic rings. The third-order valence-electron chi connectivity index (χ3n) is 6.43. The molecule has 1 saturated carbocycles. The van der Waals surface area contributed by atoms with Crippen molar-refractivity contribution in [2.24, 2.45) is 11.8 Å². The lowest BCUT2D eigenvalue weighted by Gasteiger charge is -2.21. The van der Waals surface area contributed by atoms with Crippen molar-refractivity contribution in [1.29, 1.82) is 0 Å². The molecule has 7 nitrogen and oxygen atoms in total. The van der Waals surface area contributed by atoms with Crippen LogP contribution in [0.4, 0.5) is 0 Å². The van der Waals surface area contributed by atoms with E-state index in [0.717, 1.165) is 40.6 Å². The lowest BCUT2D eigenvalue weighted by Crippen LogP contribution is -2.44. The first-order valence-electron chi connectivity index (χ1n) is 10.6. The summed E-state index contributed by atoms with van der Waals surface area (Å²) in [6, 6.07) is 4.71. The SMILES string of the molecule is CCc1cccc2c(C(=O)COC(=O)[C@H](C)N3C(=O)[C@H]4CCCC[C@H]4C3=O)c[nH]c12. The minimum atomic E-state index is -1.03. The molecule has 0 spiro atoms. The number of aromatic amines is 1. The Balaban J connectivity index is 1.43. The molecule has 1 aliphatic carbocycles. The number of aryl methyl sites for hydroxylation is 1. The van der Waals surface area contributed by atoms with E-state index < -0.39 is 18.6 Å². The van der Waals surface area contributed by atoms with Crippen LogP contribution in [0.1, 0.15) is 55.5 Å². The van der Waals surface area contributed by atoms with Gasteiger partial charge in [0, 0.05) is 22.7 Å². The Kier molecular flexibility index (Phi) is 5.45. The average molecular weight is 410 g/mol. The molecule has 2 heterocycles. The topological polar surface area (TPSA) is 96.5 Å². The number of nitrogens with one attached hydrogen (secondary N) is 1. The third-order valence-corrected chi connectivity index (χ3v) is 6.43. The lowest BCUT2D eigenvalue weighted by atomic mass is 9.81. The summed E-state index contributed by atoms with van der Waals surface area (Å²) in [4.78, 5) is 54.7. The number of aromatic nitrogens is 1. The molecule has 0 bridgehead atoms. The molecule has 30 heavy (non-hydrogen) atoms. The van der Waals surface area contributed by atoms with Crippen LogP contribution in [0.3, 0.4) is 0 Å². The third kappa shape index (κ3) is 3.32. The van der Waals surface area contributed by atoms with Gasteiger partial charge in [0.2, 0.25) is 17.6 Å². The Labute approximate surface area is 174 Å². The van der Waals surface area contributed by atoms with E-state index in [0.29, 0.717) is 18.4 Å². The summed E-state index contributed by atoms with van der Waals surface area (Å²) in [7, 11) is 0. The normalized spacial score (nSPS) is 22.3. The van der Waals surface area contributed by atoms with Gasteiger partial charge < -0.3 is 9.72 Å². The van der Waals surface area contributed by atoms with Gasteiger partial charge in [-0.25, -0.2) is 4.79 Å². The molecule has 1 aliphatic heterocycles. The number of hydrogen-bond acceptors (Lipinski definition) is 5. The highest BCUT2D eigenvalue weighted by Gasteiger charge is 2.51. The minimum Gasteiger partial charge on any atom is -0.456 e. The monoisotopic (exact) mass is 410 g/mol. The number of benzene rings is 1. The smallest absolute Gasteiger partial charge is 0.329 e. The molecular formula is C23H26N2O5. The van der Waals surface area contributed by atoms with Crippen molar-refractivity contribution < 1.29 is 23.9 Å². The highest BCUT2D eigenvalue weighted by Crippen LogP contribution is 2.39. The number of fused-ring (bicyclic) bond motifs is 2. The zero-order valence-corrected chi connectivity index (χ0v) is 17.3. The molecule has 7 heteroatoms. The zero-order valence-electron chi connectivity index (χ0n) is 17.3. The Morgan fingerprint density at radius 1 is 1.17 bits per heavy atom. The van der Waals surface area contributed by atoms with E-state index >= 15 is 0 Å². The highest BCUT2D eigenvalue weighted by molar-refractivity contribution is 6.10. The first-order chi connectivity index (χ1) is 14.4. The van der Waals surface area contributed by atoms with Crippen molar-refractivity contribution in [3.05, 3.63) is 35.5 Å². The van der Waals surface area contributed by atoms with Crippen molar-refractivity contribution in [3.63, 3.8) is 0 Å². The van der Waals surface area contributed by atoms with Gasteiger partial charge in [-0.15, -0.1) is 0 Å². The van der Waals surface area contributed by atoms with Crippen LogP contribution in [0.2, 0.25) is 0 Å². The fourth-order valence-corrected chi connectivity index (χ4v) is 4.75. The predicted molar refractivity (Wildman–Crippen MR) is 110 cm³/mol. The number of nitrogens with zero attached hydrogens (tertiary/aromatic N) is 1. The van der Waals surface area contributed by atoms with Crippen molar-refractivity contribution in [2.75, 3.05) is 6.61 Å². The summed E-state index contributed by atoms with van der Waals surface area (Å²) in [5, 5.41) is 0.789. The molecule has 158 valence electrons. The van der Waals surface area contributed by atoms with Gasteiger partial charge in [-0.2, -0.15) is 0 Å². The van der Waals surface area contributed by atoms with Crippen LogP contribution in [0, 0.1) is 11.8 Å². The number of hydrogen-bond donors (Lipinski definition) is 1.